The third-order valence-electron chi connectivity index (χ3n) is 7.17. The lowest BCUT2D eigenvalue weighted by atomic mass is 10.1. The van der Waals surface area contributed by atoms with Crippen LogP contribution in [0.2, 0.25) is 0 Å². The van der Waals surface area contributed by atoms with Gasteiger partial charge in [-0.05, 0) is 55.1 Å². The Hall–Kier alpha value is -5.48. The van der Waals surface area contributed by atoms with E-state index < -0.39 is 9.85 Å². The Morgan fingerprint density at radius 2 is 1.00 bits per heavy atom. The third kappa shape index (κ3) is 7.39. The molecule has 2 heterocycles. The predicted octanol–water partition coefficient (Wildman–Crippen LogP) is 7.13. The number of halogens is 2. The summed E-state index contributed by atoms with van der Waals surface area (Å²) in [4.78, 5) is 21.5. The summed E-state index contributed by atoms with van der Waals surface area (Å²) in [6.45, 7) is 0.667. The minimum Gasteiger partial charge on any atom is -0.486 e. The van der Waals surface area contributed by atoms with Crippen LogP contribution in [-0.2, 0) is 26.3 Å². The minimum atomic E-state index is -0.485. The van der Waals surface area contributed by atoms with Crippen molar-refractivity contribution in [2.24, 2.45) is 0 Å². The van der Waals surface area contributed by atoms with Gasteiger partial charge in [-0.25, -0.2) is 9.36 Å². The van der Waals surface area contributed by atoms with E-state index in [1.807, 2.05) is 60.7 Å². The zero-order valence-electron chi connectivity index (χ0n) is 24.8. The highest BCUT2D eigenvalue weighted by molar-refractivity contribution is 9.11. The molecule has 0 unspecified atom stereocenters. The Bertz CT molecular complexity index is 1940. The second-order valence-corrected chi connectivity index (χ2v) is 12.1. The van der Waals surface area contributed by atoms with Crippen molar-refractivity contribution in [2.75, 3.05) is 0 Å². The summed E-state index contributed by atoms with van der Waals surface area (Å²) >= 11 is 6.73. The van der Waals surface area contributed by atoms with Crippen molar-refractivity contribution in [1.82, 2.24) is 30.0 Å². The number of hydrogen-bond donors (Lipinski definition) is 0. The monoisotopic (exact) mass is 774 g/mol. The van der Waals surface area contributed by atoms with Gasteiger partial charge in [0, 0.05) is 24.3 Å². The van der Waals surface area contributed by atoms with Crippen LogP contribution >= 0.6 is 31.9 Å². The molecule has 14 nitrogen and oxygen atoms in total. The van der Waals surface area contributed by atoms with Crippen molar-refractivity contribution in [3.8, 4) is 22.9 Å². The maximum atomic E-state index is 11.2. The molecule has 0 fully saturated rings. The summed E-state index contributed by atoms with van der Waals surface area (Å²) in [6, 6.07) is 28.0. The summed E-state index contributed by atoms with van der Waals surface area (Å²) in [5.41, 5.74) is 3.88. The normalized spacial score (nSPS) is 11.0. The molecule has 0 aliphatic heterocycles. The first-order valence-electron chi connectivity index (χ1n) is 14.3. The van der Waals surface area contributed by atoms with Crippen molar-refractivity contribution in [3.63, 3.8) is 0 Å². The average Bonchev–Trinajstić information content (AvgIpc) is 3.66. The second-order valence-electron chi connectivity index (χ2n) is 10.4. The summed E-state index contributed by atoms with van der Waals surface area (Å²) < 4.78 is 16.5. The van der Waals surface area contributed by atoms with Crippen molar-refractivity contribution < 1.29 is 19.3 Å². The van der Waals surface area contributed by atoms with Gasteiger partial charge in [0.15, 0.2) is 0 Å². The summed E-state index contributed by atoms with van der Waals surface area (Å²) in [5, 5.41) is 40.4. The van der Waals surface area contributed by atoms with E-state index in [-0.39, 0.29) is 24.6 Å². The molecule has 0 saturated heterocycles. The van der Waals surface area contributed by atoms with Gasteiger partial charge in [0.25, 0.3) is 11.4 Å². The van der Waals surface area contributed by atoms with Gasteiger partial charge in [-0.3, -0.25) is 20.2 Å². The molecular formula is C32H24Br2N8O6. The van der Waals surface area contributed by atoms with Crippen LogP contribution in [0.5, 0.6) is 11.5 Å². The topological polar surface area (TPSA) is 166 Å². The lowest BCUT2D eigenvalue weighted by Gasteiger charge is -2.14. The molecule has 0 saturated carbocycles. The Morgan fingerprint density at radius 3 is 1.35 bits per heavy atom. The van der Waals surface area contributed by atoms with E-state index in [9.17, 15) is 20.2 Å². The van der Waals surface area contributed by atoms with Gasteiger partial charge in [-0.15, -0.1) is 10.2 Å². The molecule has 16 heteroatoms. The molecule has 0 aliphatic rings. The molecule has 48 heavy (non-hydrogen) atoms. The standard InChI is InChI=1S/C32H24Br2N8O6/c33-25-15-23(41(43)44)11-13-29(25)47-19-27-31(39(37-35-27)17-21-7-3-1-4-8-21)32-28(36-38-40(32)18-22-9-5-2-6-10-22)20-48-30-14-12-24(42(45)46)16-26(30)34/h1-16H,17-20H2. The Morgan fingerprint density at radius 1 is 0.604 bits per heavy atom. The fourth-order valence-corrected chi connectivity index (χ4v) is 5.84. The lowest BCUT2D eigenvalue weighted by molar-refractivity contribution is -0.385. The molecule has 0 aliphatic carbocycles. The Labute approximate surface area is 289 Å². The van der Waals surface area contributed by atoms with Gasteiger partial charge in [-0.1, -0.05) is 71.1 Å². The van der Waals surface area contributed by atoms with Crippen molar-refractivity contribution >= 4 is 43.2 Å². The van der Waals surface area contributed by atoms with Gasteiger partial charge >= 0.3 is 0 Å². The summed E-state index contributed by atoms with van der Waals surface area (Å²) in [6.07, 6.45) is 0. The number of nitro benzene ring substituents is 2. The number of rotatable bonds is 13. The molecule has 0 atom stereocenters. The van der Waals surface area contributed by atoms with Crippen molar-refractivity contribution in [3.05, 3.63) is 149 Å². The van der Waals surface area contributed by atoms with Gasteiger partial charge < -0.3 is 9.47 Å². The number of non-ortho nitro benzene ring substituents is 2. The van der Waals surface area contributed by atoms with E-state index in [4.69, 9.17) is 9.47 Å². The zero-order chi connectivity index (χ0) is 33.6. The minimum absolute atomic E-state index is 0.0365. The first kappa shape index (κ1) is 32.5. The summed E-state index contributed by atoms with van der Waals surface area (Å²) in [7, 11) is 0. The molecule has 6 rings (SSSR count). The van der Waals surface area contributed by atoms with E-state index in [2.05, 4.69) is 52.5 Å². The highest BCUT2D eigenvalue weighted by atomic mass is 79.9. The van der Waals surface area contributed by atoms with E-state index in [1.54, 1.807) is 9.36 Å². The maximum Gasteiger partial charge on any atom is 0.270 e. The quantitative estimate of drug-likeness (QED) is 0.0870. The number of nitrogens with zero attached hydrogens (tertiary/aromatic N) is 8. The van der Waals surface area contributed by atoms with Crippen LogP contribution in [0.1, 0.15) is 22.5 Å². The molecule has 0 bridgehead atoms. The van der Waals surface area contributed by atoms with Crippen LogP contribution in [0.3, 0.4) is 0 Å². The summed E-state index contributed by atoms with van der Waals surface area (Å²) in [5.74, 6) is 0.762. The van der Waals surface area contributed by atoms with Crippen LogP contribution in [0, 0.1) is 20.2 Å². The molecule has 6 aromatic rings. The number of hydrogen-bond acceptors (Lipinski definition) is 10. The van der Waals surface area contributed by atoms with E-state index in [0.717, 1.165) is 11.1 Å². The second kappa shape index (κ2) is 14.5. The van der Waals surface area contributed by atoms with E-state index >= 15 is 0 Å². The van der Waals surface area contributed by atoms with Crippen molar-refractivity contribution in [1.29, 1.82) is 0 Å². The highest BCUT2D eigenvalue weighted by Crippen LogP contribution is 2.34. The van der Waals surface area contributed by atoms with Gasteiger partial charge in [-0.2, -0.15) is 0 Å². The predicted molar refractivity (Wildman–Crippen MR) is 180 cm³/mol. The Balaban J connectivity index is 1.41. The van der Waals surface area contributed by atoms with Crippen LogP contribution in [0.25, 0.3) is 11.4 Å². The molecule has 242 valence electrons. The first-order chi connectivity index (χ1) is 23.3. The number of aromatic nitrogens is 6. The SMILES string of the molecule is O=[N+]([O-])c1ccc(OCc2nnn(Cc3ccccc3)c2-c2c(COc3ccc([N+](=O)[O-])cc3Br)nnn2Cc2ccccc2)c(Br)c1. The molecule has 0 radical (unpaired) electrons. The number of benzene rings is 4. The van der Waals surface area contributed by atoms with Gasteiger partial charge in [0.2, 0.25) is 0 Å². The smallest absolute Gasteiger partial charge is 0.270 e. The van der Waals surface area contributed by atoms with Crippen LogP contribution < -0.4 is 9.47 Å². The van der Waals surface area contributed by atoms with E-state index in [1.165, 1.54) is 36.4 Å². The average molecular weight is 776 g/mol. The maximum absolute atomic E-state index is 11.2. The molecule has 2 aromatic heterocycles. The fraction of sp³-hybridized carbons (Fsp3) is 0.125. The van der Waals surface area contributed by atoms with Crippen LogP contribution in [0.15, 0.2) is 106 Å². The molecule has 0 N–H and O–H groups in total. The van der Waals surface area contributed by atoms with Gasteiger partial charge in [0.1, 0.15) is 47.5 Å². The molecular weight excluding hydrogens is 752 g/mol. The number of nitro groups is 2. The van der Waals surface area contributed by atoms with Crippen LogP contribution in [-0.4, -0.2) is 39.8 Å². The largest absolute Gasteiger partial charge is 0.486 e. The lowest BCUT2D eigenvalue weighted by Crippen LogP contribution is -2.12. The Kier molecular flexibility index (Phi) is 9.82. The molecule has 0 amide bonds. The van der Waals surface area contributed by atoms with Crippen molar-refractivity contribution in [2.45, 2.75) is 26.3 Å². The fourth-order valence-electron chi connectivity index (χ4n) is 4.88. The highest BCUT2D eigenvalue weighted by Gasteiger charge is 2.26. The van der Waals surface area contributed by atoms with Gasteiger partial charge in [0.05, 0.1) is 31.9 Å². The molecule has 0 spiro atoms. The van der Waals surface area contributed by atoms with Crippen LogP contribution in [0.4, 0.5) is 11.4 Å². The van der Waals surface area contributed by atoms with E-state index in [0.29, 0.717) is 56.3 Å². The first-order valence-corrected chi connectivity index (χ1v) is 15.9. The molecule has 4 aromatic carbocycles. The third-order valence-corrected chi connectivity index (χ3v) is 8.41. The zero-order valence-corrected chi connectivity index (χ0v) is 28.0. The number of ether oxygens (including phenoxy) is 2.